The lowest BCUT2D eigenvalue weighted by molar-refractivity contribution is 0.831. The van der Waals surface area contributed by atoms with E-state index in [4.69, 9.17) is 69.6 Å². The van der Waals surface area contributed by atoms with Gasteiger partial charge < -0.3 is 0 Å². The summed E-state index contributed by atoms with van der Waals surface area (Å²) in [5.74, 6) is 2.08. The number of hydrogen-bond acceptors (Lipinski definition) is 5. The van der Waals surface area contributed by atoms with Crippen LogP contribution in [0, 0.1) is 0 Å². The molecule has 0 atom stereocenters. The molecule has 2 nitrogen and oxygen atoms in total. The van der Waals surface area contributed by atoms with Crippen molar-refractivity contribution in [1.82, 2.24) is 10.2 Å². The summed E-state index contributed by atoms with van der Waals surface area (Å²) in [7, 11) is 0. The van der Waals surface area contributed by atoms with E-state index in [1.54, 1.807) is 47.5 Å². The first-order chi connectivity index (χ1) is 17.3. The first kappa shape index (κ1) is 28.5. The minimum absolute atomic E-state index is 0.529. The molecule has 4 aromatic rings. The molecule has 0 saturated carbocycles. The Labute approximate surface area is 252 Å². The zero-order chi connectivity index (χ0) is 25.7. The Balaban J connectivity index is 1.57. The highest BCUT2D eigenvalue weighted by atomic mass is 35.5. The Kier molecular flexibility index (Phi) is 10.7. The zero-order valence-corrected chi connectivity index (χ0v) is 25.3. The predicted octanol–water partition coefficient (Wildman–Crippen LogP) is 11.3. The minimum Gasteiger partial charge on any atom is -0.157 e. The number of hydrogen-bond donors (Lipinski definition) is 0. The van der Waals surface area contributed by atoms with Crippen molar-refractivity contribution in [2.24, 2.45) is 0 Å². The second-order valence-electron chi connectivity index (χ2n) is 7.45. The number of thioether (sulfide) groups is 3. The molecule has 0 bridgehead atoms. The summed E-state index contributed by atoms with van der Waals surface area (Å²) in [5.41, 5.74) is 3.18. The molecule has 0 aliphatic rings. The molecule has 0 N–H and O–H groups in total. The van der Waals surface area contributed by atoms with Crippen LogP contribution in [0.4, 0.5) is 0 Å². The van der Waals surface area contributed by atoms with Crippen molar-refractivity contribution in [1.29, 1.82) is 0 Å². The third kappa shape index (κ3) is 7.78. The molecule has 3 aromatic carbocycles. The zero-order valence-electron chi connectivity index (χ0n) is 18.3. The second kappa shape index (κ2) is 13.5. The van der Waals surface area contributed by atoms with E-state index >= 15 is 0 Å². The van der Waals surface area contributed by atoms with Crippen LogP contribution in [0.5, 0.6) is 0 Å². The lowest BCUT2D eigenvalue weighted by Gasteiger charge is -2.13. The van der Waals surface area contributed by atoms with Crippen molar-refractivity contribution >= 4 is 105 Å². The van der Waals surface area contributed by atoms with E-state index < -0.39 is 0 Å². The molecule has 0 aliphatic heterocycles. The van der Waals surface area contributed by atoms with Gasteiger partial charge in [0.15, 0.2) is 0 Å². The van der Waals surface area contributed by atoms with Gasteiger partial charge in [-0.05, 0) is 53.1 Å². The van der Waals surface area contributed by atoms with E-state index in [2.05, 4.69) is 10.2 Å². The summed E-state index contributed by atoms with van der Waals surface area (Å²) in [6.07, 6.45) is 1.79. The molecule has 0 spiro atoms. The van der Waals surface area contributed by atoms with Gasteiger partial charge in [0.05, 0.1) is 41.2 Å². The molecule has 0 radical (unpaired) electrons. The third-order valence-electron chi connectivity index (χ3n) is 4.85. The fourth-order valence-electron chi connectivity index (χ4n) is 3.03. The summed E-state index contributed by atoms with van der Waals surface area (Å²) in [5, 5.41) is 12.8. The van der Waals surface area contributed by atoms with Crippen molar-refractivity contribution in [3.05, 3.63) is 108 Å². The van der Waals surface area contributed by atoms with Gasteiger partial charge in [0.25, 0.3) is 0 Å². The van der Waals surface area contributed by atoms with Gasteiger partial charge >= 0.3 is 0 Å². The molecule has 0 aliphatic carbocycles. The van der Waals surface area contributed by atoms with Crippen LogP contribution in [-0.4, -0.2) is 10.2 Å². The fourth-order valence-corrected chi connectivity index (χ4v) is 7.29. The van der Waals surface area contributed by atoms with E-state index in [0.29, 0.717) is 47.4 Å². The van der Waals surface area contributed by atoms with Gasteiger partial charge in [0.2, 0.25) is 0 Å². The van der Waals surface area contributed by atoms with Crippen LogP contribution in [0.25, 0.3) is 0 Å². The maximum Gasteiger partial charge on any atom is 0.134 e. The van der Waals surface area contributed by atoms with Crippen molar-refractivity contribution in [3.63, 3.8) is 0 Å². The van der Waals surface area contributed by atoms with Gasteiger partial charge in [0.1, 0.15) is 5.03 Å². The van der Waals surface area contributed by atoms with Gasteiger partial charge in [-0.1, -0.05) is 99.6 Å². The Morgan fingerprint density at radius 1 is 0.528 bits per heavy atom. The number of aromatic nitrogens is 2. The van der Waals surface area contributed by atoms with E-state index in [1.807, 2.05) is 48.5 Å². The molecule has 186 valence electrons. The van der Waals surface area contributed by atoms with Crippen LogP contribution in [0.1, 0.15) is 16.7 Å². The molecular formula is C25H16Cl6N2S3. The molecule has 1 heterocycles. The van der Waals surface area contributed by atoms with Crippen LogP contribution in [0.2, 0.25) is 30.1 Å². The van der Waals surface area contributed by atoms with E-state index in [0.717, 1.165) is 31.5 Å². The topological polar surface area (TPSA) is 25.8 Å². The number of halogens is 6. The largest absolute Gasteiger partial charge is 0.157 e. The van der Waals surface area contributed by atoms with Crippen LogP contribution < -0.4 is 0 Å². The molecule has 0 unspecified atom stereocenters. The summed E-state index contributed by atoms with van der Waals surface area (Å²) < 4.78 is 0. The lowest BCUT2D eigenvalue weighted by atomic mass is 10.2. The van der Waals surface area contributed by atoms with Gasteiger partial charge in [-0.3, -0.25) is 0 Å². The van der Waals surface area contributed by atoms with Crippen LogP contribution >= 0.6 is 105 Å². The number of nitrogens with zero attached hydrogens (tertiary/aromatic N) is 2. The van der Waals surface area contributed by atoms with Crippen LogP contribution in [-0.2, 0) is 17.3 Å². The summed E-state index contributed by atoms with van der Waals surface area (Å²) in [6.45, 7) is 0. The first-order valence-electron chi connectivity index (χ1n) is 10.4. The van der Waals surface area contributed by atoms with Crippen molar-refractivity contribution < 1.29 is 0 Å². The van der Waals surface area contributed by atoms with Crippen molar-refractivity contribution in [2.45, 2.75) is 32.1 Å². The van der Waals surface area contributed by atoms with E-state index in [1.165, 1.54) is 0 Å². The third-order valence-corrected chi connectivity index (χ3v) is 10.6. The molecular weight excluding hydrogens is 637 g/mol. The maximum absolute atomic E-state index is 6.23. The molecule has 4 rings (SSSR count). The van der Waals surface area contributed by atoms with Gasteiger partial charge in [0, 0.05) is 22.2 Å². The van der Waals surface area contributed by atoms with Crippen LogP contribution in [0.3, 0.4) is 0 Å². The highest BCUT2D eigenvalue weighted by Gasteiger charge is 2.15. The highest BCUT2D eigenvalue weighted by molar-refractivity contribution is 8.03. The average molecular weight is 653 g/mol. The van der Waals surface area contributed by atoms with Gasteiger partial charge in [-0.2, -0.15) is 5.10 Å². The number of benzene rings is 3. The molecule has 11 heteroatoms. The molecule has 0 fully saturated rings. The first-order valence-corrected chi connectivity index (χ1v) is 15.6. The number of rotatable bonds is 9. The highest BCUT2D eigenvalue weighted by Crippen LogP contribution is 2.41. The predicted molar refractivity (Wildman–Crippen MR) is 160 cm³/mol. The Bertz CT molecular complexity index is 1310. The van der Waals surface area contributed by atoms with E-state index in [-0.39, 0.29) is 0 Å². The maximum atomic E-state index is 6.23. The molecule has 36 heavy (non-hydrogen) atoms. The van der Waals surface area contributed by atoms with E-state index in [9.17, 15) is 0 Å². The summed E-state index contributed by atoms with van der Waals surface area (Å²) in [4.78, 5) is 2.07. The average Bonchev–Trinajstić information content (AvgIpc) is 2.86. The monoisotopic (exact) mass is 650 g/mol. The quantitative estimate of drug-likeness (QED) is 0.168. The van der Waals surface area contributed by atoms with Crippen molar-refractivity contribution in [2.75, 3.05) is 0 Å². The fraction of sp³-hybridized carbons (Fsp3) is 0.120. The summed E-state index contributed by atoms with van der Waals surface area (Å²) >= 11 is 41.8. The SMILES string of the molecule is Clc1ccc(CSc2cnnc(SCc3ccc(Cl)c(Cl)c3)c2SCc2ccc(Cl)c(Cl)c2)cc1Cl. The lowest BCUT2D eigenvalue weighted by Crippen LogP contribution is -1.94. The van der Waals surface area contributed by atoms with Gasteiger partial charge in [-0.15, -0.1) is 28.6 Å². The smallest absolute Gasteiger partial charge is 0.134 e. The Hall–Kier alpha value is -0.470. The molecule has 0 saturated heterocycles. The van der Waals surface area contributed by atoms with Gasteiger partial charge in [-0.25, -0.2) is 0 Å². The Morgan fingerprint density at radius 3 is 1.44 bits per heavy atom. The molecule has 1 aromatic heterocycles. The minimum atomic E-state index is 0.529. The second-order valence-corrected chi connectivity index (χ2v) is 12.9. The van der Waals surface area contributed by atoms with Crippen LogP contribution in [0.15, 0.2) is 75.6 Å². The molecule has 0 amide bonds. The normalized spacial score (nSPS) is 11.2. The Morgan fingerprint density at radius 2 is 0.972 bits per heavy atom. The summed E-state index contributed by atoms with van der Waals surface area (Å²) in [6, 6.07) is 17.0. The van der Waals surface area contributed by atoms with Crippen molar-refractivity contribution in [3.8, 4) is 0 Å². The standard InChI is InChI=1S/C25H16Cl6N2S3/c26-17-4-1-14(7-20(17)29)11-34-23-10-32-33-25(36-13-16-3-6-19(28)22(31)9-16)24(23)35-12-15-2-5-18(27)21(30)8-15/h1-10H,11-13H2.